The molecule has 0 radical (unpaired) electrons. The first-order chi connectivity index (χ1) is 11.8. The van der Waals surface area contributed by atoms with Crippen molar-refractivity contribution in [3.63, 3.8) is 0 Å². The third kappa shape index (κ3) is 10.9. The highest BCUT2D eigenvalue weighted by molar-refractivity contribution is 14.0. The van der Waals surface area contributed by atoms with E-state index in [0.29, 0.717) is 12.5 Å². The summed E-state index contributed by atoms with van der Waals surface area (Å²) in [5, 5.41) is 6.42. The van der Waals surface area contributed by atoms with Gasteiger partial charge in [0.1, 0.15) is 0 Å². The van der Waals surface area contributed by atoms with Gasteiger partial charge in [0.2, 0.25) is 10.0 Å². The zero-order chi connectivity index (χ0) is 20.0. The van der Waals surface area contributed by atoms with Gasteiger partial charge < -0.3 is 10.6 Å². The van der Waals surface area contributed by atoms with E-state index in [4.69, 9.17) is 0 Å². The van der Waals surface area contributed by atoms with Gasteiger partial charge in [-0.05, 0) is 36.8 Å². The van der Waals surface area contributed by atoms with Gasteiger partial charge >= 0.3 is 0 Å². The van der Waals surface area contributed by atoms with Gasteiger partial charge in [-0.25, -0.2) is 13.1 Å². The summed E-state index contributed by atoms with van der Waals surface area (Å²) in [6, 6.07) is 8.69. The Morgan fingerprint density at radius 2 is 1.59 bits per heavy atom. The number of benzene rings is 1. The van der Waals surface area contributed by atoms with Crippen LogP contribution in [0.15, 0.2) is 29.3 Å². The van der Waals surface area contributed by atoms with Crippen LogP contribution in [0.3, 0.4) is 0 Å². The first-order valence-electron chi connectivity index (χ1n) is 8.85. The third-order valence-electron chi connectivity index (χ3n) is 3.91. The molecule has 0 amide bonds. The molecule has 1 aromatic rings. The van der Waals surface area contributed by atoms with Gasteiger partial charge in [-0.15, -0.1) is 24.0 Å². The largest absolute Gasteiger partial charge is 0.356 e. The highest BCUT2D eigenvalue weighted by Crippen LogP contribution is 2.22. The molecular weight excluding hydrogens is 475 g/mol. The second-order valence-corrected chi connectivity index (χ2v) is 10.1. The fraction of sp³-hybridized carbons (Fsp3) is 0.632. The summed E-state index contributed by atoms with van der Waals surface area (Å²) < 4.78 is 25.4. The summed E-state index contributed by atoms with van der Waals surface area (Å²) in [7, 11) is -1.55. The minimum Gasteiger partial charge on any atom is -0.356 e. The molecule has 0 saturated heterocycles. The Bertz CT molecular complexity index is 708. The minimum atomic E-state index is -3.25. The quantitative estimate of drug-likeness (QED) is 0.299. The van der Waals surface area contributed by atoms with Crippen LogP contribution in [-0.4, -0.2) is 46.3 Å². The lowest BCUT2D eigenvalue weighted by molar-refractivity contribution is 0.446. The maximum absolute atomic E-state index is 11.4. The molecule has 156 valence electrons. The van der Waals surface area contributed by atoms with Crippen LogP contribution in [0.2, 0.25) is 0 Å². The van der Waals surface area contributed by atoms with Crippen molar-refractivity contribution in [3.8, 4) is 0 Å². The first-order valence-corrected chi connectivity index (χ1v) is 10.7. The maximum atomic E-state index is 11.4. The lowest BCUT2D eigenvalue weighted by atomic mass is 9.86. The summed E-state index contributed by atoms with van der Waals surface area (Å²) in [5.41, 5.74) is 2.15. The molecule has 1 aromatic carbocycles. The zero-order valence-corrected chi connectivity index (χ0v) is 20.7. The van der Waals surface area contributed by atoms with Crippen molar-refractivity contribution in [3.05, 3.63) is 35.4 Å². The molecule has 3 N–H and O–H groups in total. The van der Waals surface area contributed by atoms with E-state index in [1.165, 1.54) is 11.1 Å². The monoisotopic (exact) mass is 510 g/mol. The van der Waals surface area contributed by atoms with Gasteiger partial charge in [-0.2, -0.15) is 0 Å². The molecule has 8 heteroatoms. The summed E-state index contributed by atoms with van der Waals surface area (Å²) in [4.78, 5) is 4.18. The molecule has 6 nitrogen and oxygen atoms in total. The smallest absolute Gasteiger partial charge is 0.209 e. The van der Waals surface area contributed by atoms with E-state index in [2.05, 4.69) is 65.4 Å². The average molecular weight is 510 g/mol. The molecule has 0 aliphatic heterocycles. The Morgan fingerprint density at radius 1 is 1.04 bits per heavy atom. The van der Waals surface area contributed by atoms with Gasteiger partial charge in [0.25, 0.3) is 0 Å². The van der Waals surface area contributed by atoms with Crippen molar-refractivity contribution >= 4 is 40.0 Å². The standard InChI is InChI=1S/C19H34N4O2S.HI/c1-18(2,3)16-10-8-15(9-11-16)12-13-21-17(20-6)22-14-19(4,5)23-26(7,24)25;/h8-11,23H,12-14H2,1-7H3,(H2,20,21,22);1H. The molecule has 0 aromatic heterocycles. The topological polar surface area (TPSA) is 82.6 Å². The van der Waals surface area contributed by atoms with Crippen molar-refractivity contribution in [2.24, 2.45) is 4.99 Å². The predicted molar refractivity (Wildman–Crippen MR) is 126 cm³/mol. The minimum absolute atomic E-state index is 0. The number of hydrogen-bond acceptors (Lipinski definition) is 3. The Kier molecular flexibility index (Phi) is 10.3. The Labute approximate surface area is 182 Å². The van der Waals surface area contributed by atoms with E-state index < -0.39 is 15.6 Å². The van der Waals surface area contributed by atoms with E-state index in [0.717, 1.165) is 19.2 Å². The normalized spacial score (nSPS) is 13.1. The lowest BCUT2D eigenvalue weighted by Crippen LogP contribution is -2.53. The summed E-state index contributed by atoms with van der Waals surface area (Å²) in [6.45, 7) is 11.4. The summed E-state index contributed by atoms with van der Waals surface area (Å²) in [6.07, 6.45) is 2.04. The van der Waals surface area contributed by atoms with Crippen molar-refractivity contribution in [2.45, 2.75) is 52.0 Å². The van der Waals surface area contributed by atoms with Gasteiger partial charge in [0.15, 0.2) is 5.96 Å². The molecule has 0 fully saturated rings. The molecule has 0 aliphatic rings. The first kappa shape index (κ1) is 26.1. The molecule has 27 heavy (non-hydrogen) atoms. The Balaban J connectivity index is 0.00000676. The molecule has 1 rings (SSSR count). The van der Waals surface area contributed by atoms with Gasteiger partial charge in [-0.1, -0.05) is 45.0 Å². The number of nitrogens with zero attached hydrogens (tertiary/aromatic N) is 1. The zero-order valence-electron chi connectivity index (χ0n) is 17.5. The summed E-state index contributed by atoms with van der Waals surface area (Å²) in [5.74, 6) is 0.652. The van der Waals surface area contributed by atoms with E-state index in [-0.39, 0.29) is 29.4 Å². The van der Waals surface area contributed by atoms with E-state index in [9.17, 15) is 8.42 Å². The maximum Gasteiger partial charge on any atom is 0.209 e. The Hall–Kier alpha value is -0.870. The van der Waals surface area contributed by atoms with Gasteiger partial charge in [-0.3, -0.25) is 4.99 Å². The van der Waals surface area contributed by atoms with E-state index in [1.807, 2.05) is 13.8 Å². The highest BCUT2D eigenvalue weighted by atomic mass is 127. The molecule has 0 atom stereocenters. The van der Waals surface area contributed by atoms with Crippen LogP contribution in [0.4, 0.5) is 0 Å². The number of sulfonamides is 1. The molecule has 0 aliphatic carbocycles. The highest BCUT2D eigenvalue weighted by Gasteiger charge is 2.22. The second-order valence-electron chi connectivity index (χ2n) is 8.31. The van der Waals surface area contributed by atoms with Crippen LogP contribution in [0.25, 0.3) is 0 Å². The number of aliphatic imine (C=N–C) groups is 1. The van der Waals surface area contributed by atoms with Crippen molar-refractivity contribution in [2.75, 3.05) is 26.4 Å². The van der Waals surface area contributed by atoms with E-state index in [1.54, 1.807) is 7.05 Å². The van der Waals surface area contributed by atoms with Crippen LogP contribution < -0.4 is 15.4 Å². The predicted octanol–water partition coefficient (Wildman–Crippen LogP) is 2.64. The fourth-order valence-corrected chi connectivity index (χ4v) is 3.64. The van der Waals surface area contributed by atoms with Crippen molar-refractivity contribution in [1.29, 1.82) is 0 Å². The third-order valence-corrected chi connectivity index (χ3v) is 4.83. The van der Waals surface area contributed by atoms with Crippen LogP contribution in [0, 0.1) is 0 Å². The summed E-state index contributed by atoms with van der Waals surface area (Å²) >= 11 is 0. The van der Waals surface area contributed by atoms with Gasteiger partial charge in [0, 0.05) is 25.7 Å². The number of nitrogens with one attached hydrogen (secondary N) is 3. The van der Waals surface area contributed by atoms with Crippen molar-refractivity contribution < 1.29 is 8.42 Å². The molecule has 0 unspecified atom stereocenters. The number of halogens is 1. The molecule has 0 saturated carbocycles. The molecule has 0 bridgehead atoms. The Morgan fingerprint density at radius 3 is 2.04 bits per heavy atom. The van der Waals surface area contributed by atoms with Crippen LogP contribution in [0.1, 0.15) is 45.7 Å². The number of hydrogen-bond donors (Lipinski definition) is 3. The van der Waals surface area contributed by atoms with Crippen LogP contribution in [-0.2, 0) is 21.9 Å². The van der Waals surface area contributed by atoms with Gasteiger partial charge in [0.05, 0.1) is 6.26 Å². The second kappa shape index (κ2) is 10.6. The van der Waals surface area contributed by atoms with Crippen molar-refractivity contribution in [1.82, 2.24) is 15.4 Å². The number of rotatable bonds is 7. The van der Waals surface area contributed by atoms with E-state index >= 15 is 0 Å². The molecule has 0 heterocycles. The fourth-order valence-electron chi connectivity index (χ4n) is 2.56. The van der Waals surface area contributed by atoms with Crippen LogP contribution in [0.5, 0.6) is 0 Å². The number of guanidine groups is 1. The molecule has 0 spiro atoms. The average Bonchev–Trinajstić information content (AvgIpc) is 2.48. The lowest BCUT2D eigenvalue weighted by Gasteiger charge is -2.26. The van der Waals surface area contributed by atoms with Crippen LogP contribution >= 0.6 is 24.0 Å². The molecular formula is C19H35IN4O2S. The SMILES string of the molecule is CN=C(NCCc1ccc(C(C)(C)C)cc1)NCC(C)(C)NS(C)(=O)=O.I.